The van der Waals surface area contributed by atoms with E-state index in [1.54, 1.807) is 0 Å². The fourth-order valence-corrected chi connectivity index (χ4v) is 3.05. The van der Waals surface area contributed by atoms with Gasteiger partial charge in [-0.05, 0) is 55.3 Å². The van der Waals surface area contributed by atoms with Crippen LogP contribution in [0.1, 0.15) is 22.7 Å². The van der Waals surface area contributed by atoms with E-state index in [0.29, 0.717) is 0 Å². The molecule has 0 aliphatic carbocycles. The highest BCUT2D eigenvalue weighted by Crippen LogP contribution is 2.27. The second-order valence-corrected chi connectivity index (χ2v) is 6.52. The van der Waals surface area contributed by atoms with Crippen molar-refractivity contribution in [1.29, 1.82) is 0 Å². The number of nitrogens with one attached hydrogen (secondary N) is 1. The Morgan fingerprint density at radius 3 is 2.45 bits per heavy atom. The Balaban J connectivity index is 2.26. The molecule has 4 heteroatoms. The Morgan fingerprint density at radius 2 is 1.85 bits per heavy atom. The summed E-state index contributed by atoms with van der Waals surface area (Å²) in [5.74, 6) is 0. The molecule has 2 aromatic carbocycles. The Hall–Kier alpha value is -0.540. The van der Waals surface area contributed by atoms with Crippen molar-refractivity contribution in [1.82, 2.24) is 5.32 Å². The van der Waals surface area contributed by atoms with Crippen LogP contribution in [0.4, 0.5) is 0 Å². The van der Waals surface area contributed by atoms with E-state index in [9.17, 15) is 0 Å². The van der Waals surface area contributed by atoms with Crippen molar-refractivity contribution in [3.8, 4) is 0 Å². The molecule has 0 saturated heterocycles. The van der Waals surface area contributed by atoms with Gasteiger partial charge in [-0.25, -0.2) is 0 Å². The lowest BCUT2D eigenvalue weighted by atomic mass is 9.97. The Kier molecular flexibility index (Phi) is 5.50. The van der Waals surface area contributed by atoms with Gasteiger partial charge in [0.1, 0.15) is 0 Å². The summed E-state index contributed by atoms with van der Waals surface area (Å²) in [6.45, 7) is 2.02. The van der Waals surface area contributed by atoms with Crippen molar-refractivity contribution in [3.05, 3.63) is 67.6 Å². The fourth-order valence-electron chi connectivity index (χ4n) is 2.18. The van der Waals surface area contributed by atoms with E-state index < -0.39 is 0 Å². The molecule has 0 fully saturated rings. The smallest absolute Gasteiger partial charge is 0.0449 e. The van der Waals surface area contributed by atoms with E-state index in [2.05, 4.69) is 39.4 Å². The van der Waals surface area contributed by atoms with Gasteiger partial charge in [0.25, 0.3) is 0 Å². The van der Waals surface area contributed by atoms with Crippen LogP contribution in [-0.4, -0.2) is 7.05 Å². The number of hydrogen-bond donors (Lipinski definition) is 1. The summed E-state index contributed by atoms with van der Waals surface area (Å²) in [6, 6.07) is 12.3. The number of rotatable bonds is 4. The van der Waals surface area contributed by atoms with Gasteiger partial charge in [0.05, 0.1) is 0 Å². The maximum atomic E-state index is 6.30. The number of halogens is 3. The maximum absolute atomic E-state index is 6.30. The van der Waals surface area contributed by atoms with Crippen LogP contribution in [0.3, 0.4) is 0 Å². The first-order valence-electron chi connectivity index (χ1n) is 6.38. The second-order valence-electron chi connectivity index (χ2n) is 4.79. The molecule has 20 heavy (non-hydrogen) atoms. The number of aryl methyl sites for hydroxylation is 1. The molecule has 0 heterocycles. The molecule has 1 unspecified atom stereocenters. The van der Waals surface area contributed by atoms with Crippen LogP contribution in [0.2, 0.25) is 10.0 Å². The zero-order valence-electron chi connectivity index (χ0n) is 11.4. The summed E-state index contributed by atoms with van der Waals surface area (Å²) >= 11 is 15.8. The van der Waals surface area contributed by atoms with Gasteiger partial charge in [-0.3, -0.25) is 0 Å². The molecule has 2 aromatic rings. The molecule has 1 nitrogen and oxygen atoms in total. The molecular weight excluding hydrogens is 357 g/mol. The summed E-state index contributed by atoms with van der Waals surface area (Å²) in [5.41, 5.74) is 3.43. The molecule has 0 radical (unpaired) electrons. The zero-order chi connectivity index (χ0) is 14.7. The van der Waals surface area contributed by atoms with Crippen molar-refractivity contribution < 1.29 is 0 Å². The van der Waals surface area contributed by atoms with Crippen molar-refractivity contribution >= 4 is 39.1 Å². The Labute approximate surface area is 138 Å². The quantitative estimate of drug-likeness (QED) is 0.739. The standard InChI is InChI=1S/C16H16BrCl2N/c1-10-7-12(4-6-14(10)18)16(20-2)8-11-3-5-13(17)9-15(11)19/h3-7,9,16,20H,8H2,1-2H3. The highest BCUT2D eigenvalue weighted by molar-refractivity contribution is 9.10. The van der Waals surface area contributed by atoms with Crippen LogP contribution in [0.5, 0.6) is 0 Å². The summed E-state index contributed by atoms with van der Waals surface area (Å²) in [7, 11) is 1.96. The summed E-state index contributed by atoms with van der Waals surface area (Å²) < 4.78 is 0.995. The monoisotopic (exact) mass is 371 g/mol. The first kappa shape index (κ1) is 15.8. The zero-order valence-corrected chi connectivity index (χ0v) is 14.5. The number of hydrogen-bond acceptors (Lipinski definition) is 1. The van der Waals surface area contributed by atoms with Crippen LogP contribution in [0, 0.1) is 6.92 Å². The Morgan fingerprint density at radius 1 is 1.10 bits per heavy atom. The second kappa shape index (κ2) is 6.95. The van der Waals surface area contributed by atoms with E-state index in [-0.39, 0.29) is 6.04 Å². The van der Waals surface area contributed by atoms with Gasteiger partial charge in [0.15, 0.2) is 0 Å². The van der Waals surface area contributed by atoms with E-state index in [1.165, 1.54) is 5.56 Å². The first-order chi connectivity index (χ1) is 9.51. The van der Waals surface area contributed by atoms with Crippen molar-refractivity contribution in [2.75, 3.05) is 7.05 Å². The molecule has 0 amide bonds. The van der Waals surface area contributed by atoms with E-state index in [0.717, 1.165) is 32.1 Å². The van der Waals surface area contributed by atoms with Crippen molar-refractivity contribution in [2.45, 2.75) is 19.4 Å². The molecule has 0 spiro atoms. The molecule has 0 aliphatic heterocycles. The minimum Gasteiger partial charge on any atom is -0.313 e. The molecule has 0 saturated carbocycles. The lowest BCUT2D eigenvalue weighted by Crippen LogP contribution is -2.19. The minimum absolute atomic E-state index is 0.213. The first-order valence-corrected chi connectivity index (χ1v) is 7.93. The van der Waals surface area contributed by atoms with Gasteiger partial charge < -0.3 is 5.32 Å². The molecule has 0 aliphatic rings. The van der Waals surface area contributed by atoms with Crippen LogP contribution < -0.4 is 5.32 Å². The van der Waals surface area contributed by atoms with Crippen molar-refractivity contribution in [3.63, 3.8) is 0 Å². The SMILES string of the molecule is CNC(Cc1ccc(Br)cc1Cl)c1ccc(Cl)c(C)c1. The van der Waals surface area contributed by atoms with E-state index >= 15 is 0 Å². The van der Waals surface area contributed by atoms with Crippen molar-refractivity contribution in [2.24, 2.45) is 0 Å². The third-order valence-corrected chi connectivity index (χ3v) is 4.64. The van der Waals surface area contributed by atoms with Crippen LogP contribution in [0.25, 0.3) is 0 Å². The largest absolute Gasteiger partial charge is 0.313 e. The number of benzene rings is 2. The molecule has 1 N–H and O–H groups in total. The van der Waals surface area contributed by atoms with E-state index in [1.807, 2.05) is 32.2 Å². The third kappa shape index (κ3) is 3.76. The summed E-state index contributed by atoms with van der Waals surface area (Å²) in [6.07, 6.45) is 0.837. The number of likely N-dealkylation sites (N-methyl/N-ethyl adjacent to an activating group) is 1. The van der Waals surface area contributed by atoms with Crippen LogP contribution >= 0.6 is 39.1 Å². The average molecular weight is 373 g/mol. The lowest BCUT2D eigenvalue weighted by molar-refractivity contribution is 0.592. The fraction of sp³-hybridized carbons (Fsp3) is 0.250. The van der Waals surface area contributed by atoms with Crippen LogP contribution in [0.15, 0.2) is 40.9 Å². The van der Waals surface area contributed by atoms with Gasteiger partial charge >= 0.3 is 0 Å². The Bertz CT molecular complexity index is 613. The van der Waals surface area contributed by atoms with Gasteiger partial charge in [-0.15, -0.1) is 0 Å². The molecule has 0 bridgehead atoms. The lowest BCUT2D eigenvalue weighted by Gasteiger charge is -2.18. The molecule has 2 rings (SSSR count). The van der Waals surface area contributed by atoms with Crippen LogP contribution in [-0.2, 0) is 6.42 Å². The average Bonchev–Trinajstić information content (AvgIpc) is 2.41. The van der Waals surface area contributed by atoms with Gasteiger partial charge in [-0.1, -0.05) is 57.3 Å². The predicted octanol–water partition coefficient (Wildman–Crippen LogP) is 5.57. The minimum atomic E-state index is 0.213. The van der Waals surface area contributed by atoms with Gasteiger partial charge in [0.2, 0.25) is 0 Å². The highest BCUT2D eigenvalue weighted by atomic mass is 79.9. The topological polar surface area (TPSA) is 12.0 Å². The molecular formula is C16H16BrCl2N. The predicted molar refractivity (Wildman–Crippen MR) is 90.8 cm³/mol. The van der Waals surface area contributed by atoms with E-state index in [4.69, 9.17) is 23.2 Å². The third-order valence-electron chi connectivity index (χ3n) is 3.37. The normalized spacial score (nSPS) is 12.4. The molecule has 106 valence electrons. The summed E-state index contributed by atoms with van der Waals surface area (Å²) in [4.78, 5) is 0. The maximum Gasteiger partial charge on any atom is 0.0449 e. The highest BCUT2D eigenvalue weighted by Gasteiger charge is 2.13. The molecule has 1 atom stereocenters. The van der Waals surface area contributed by atoms with Gasteiger partial charge in [-0.2, -0.15) is 0 Å². The molecule has 0 aromatic heterocycles. The van der Waals surface area contributed by atoms with Gasteiger partial charge in [0, 0.05) is 20.6 Å². The summed E-state index contributed by atoms with van der Waals surface area (Å²) in [5, 5.41) is 4.92.